The molecule has 3 heterocycles. The van der Waals surface area contributed by atoms with Gasteiger partial charge in [-0.1, -0.05) is 17.7 Å². The number of hydrogen-bond acceptors (Lipinski definition) is 7. The number of aliphatic hydroxyl groups is 1. The van der Waals surface area contributed by atoms with Crippen molar-refractivity contribution in [3.8, 4) is 5.75 Å². The van der Waals surface area contributed by atoms with E-state index in [4.69, 9.17) is 14.7 Å². The van der Waals surface area contributed by atoms with Crippen LogP contribution in [-0.2, 0) is 17.2 Å². The average molecular weight is 429 g/mol. The molecular weight excluding hydrogens is 400 g/mol. The number of aliphatic hydroxyl groups excluding tert-OH is 1. The number of benzene rings is 1. The third-order valence-electron chi connectivity index (χ3n) is 6.26. The molecule has 3 aliphatic rings. The summed E-state index contributed by atoms with van der Waals surface area (Å²) < 4.78 is 18.7. The second-order valence-electron chi connectivity index (χ2n) is 8.63. The van der Waals surface area contributed by atoms with Crippen LogP contribution in [0.4, 0.5) is 11.8 Å². The Morgan fingerprint density at radius 2 is 1.97 bits per heavy atom. The number of rotatable bonds is 6. The van der Waals surface area contributed by atoms with Crippen LogP contribution in [0.2, 0.25) is 0 Å². The third kappa shape index (κ3) is 3.90. The molecule has 1 aromatic heterocycles. The molecule has 0 radical (unpaired) electrons. The van der Waals surface area contributed by atoms with Gasteiger partial charge >= 0.3 is 0 Å². The fourth-order valence-corrected chi connectivity index (χ4v) is 5.42. The van der Waals surface area contributed by atoms with E-state index in [1.165, 1.54) is 5.56 Å². The van der Waals surface area contributed by atoms with Crippen molar-refractivity contribution in [2.24, 2.45) is 0 Å². The molecule has 2 N–H and O–H groups in total. The molecule has 1 saturated carbocycles. The van der Waals surface area contributed by atoms with Gasteiger partial charge in [0.1, 0.15) is 22.6 Å². The van der Waals surface area contributed by atoms with E-state index < -0.39 is 10.8 Å². The normalized spacial score (nSPS) is 22.6. The van der Waals surface area contributed by atoms with E-state index in [-0.39, 0.29) is 18.2 Å². The van der Waals surface area contributed by atoms with E-state index in [2.05, 4.69) is 29.3 Å². The first-order valence-electron chi connectivity index (χ1n) is 10.7. The van der Waals surface area contributed by atoms with Gasteiger partial charge < -0.3 is 20.1 Å². The molecule has 1 aliphatic carbocycles. The lowest BCUT2D eigenvalue weighted by Crippen LogP contribution is -2.39. The monoisotopic (exact) mass is 428 g/mol. The highest BCUT2D eigenvalue weighted by molar-refractivity contribution is 7.85. The van der Waals surface area contributed by atoms with Crippen molar-refractivity contribution >= 4 is 22.6 Å². The molecule has 0 amide bonds. The quantitative estimate of drug-likeness (QED) is 0.731. The summed E-state index contributed by atoms with van der Waals surface area (Å²) in [6.07, 6.45) is 4.53. The third-order valence-corrected chi connectivity index (χ3v) is 7.72. The minimum absolute atomic E-state index is 0.0650. The zero-order valence-corrected chi connectivity index (χ0v) is 18.1. The van der Waals surface area contributed by atoms with Gasteiger partial charge in [-0.15, -0.1) is 0 Å². The van der Waals surface area contributed by atoms with E-state index >= 15 is 0 Å². The number of nitrogens with one attached hydrogen (secondary N) is 1. The second-order valence-corrected chi connectivity index (χ2v) is 10.1. The van der Waals surface area contributed by atoms with Gasteiger partial charge in [0.25, 0.3) is 0 Å². The lowest BCUT2D eigenvalue weighted by atomic mass is 10.1. The summed E-state index contributed by atoms with van der Waals surface area (Å²) in [6, 6.07) is 8.19. The number of nitrogens with zero attached hydrogens (tertiary/aromatic N) is 3. The van der Waals surface area contributed by atoms with Gasteiger partial charge in [0, 0.05) is 38.1 Å². The van der Waals surface area contributed by atoms with Gasteiger partial charge in [0.15, 0.2) is 0 Å². The number of hydrogen-bond donors (Lipinski definition) is 2. The van der Waals surface area contributed by atoms with Crippen LogP contribution in [0, 0.1) is 6.92 Å². The number of ether oxygens (including phenoxy) is 1. The van der Waals surface area contributed by atoms with Crippen molar-refractivity contribution in [1.29, 1.82) is 0 Å². The minimum atomic E-state index is -1.07. The number of anilines is 2. The van der Waals surface area contributed by atoms with E-state index in [9.17, 15) is 9.32 Å². The smallest absolute Gasteiger partial charge is 0.227 e. The van der Waals surface area contributed by atoms with Crippen molar-refractivity contribution in [3.63, 3.8) is 0 Å². The molecular formula is C22H28N4O3S. The largest absolute Gasteiger partial charge is 0.490 e. The Morgan fingerprint density at radius 3 is 2.63 bits per heavy atom. The van der Waals surface area contributed by atoms with E-state index in [1.54, 1.807) is 0 Å². The Bertz CT molecular complexity index is 954. The predicted molar refractivity (Wildman–Crippen MR) is 117 cm³/mol. The molecule has 160 valence electrons. The van der Waals surface area contributed by atoms with Crippen molar-refractivity contribution < 1.29 is 14.1 Å². The van der Waals surface area contributed by atoms with Crippen molar-refractivity contribution in [3.05, 3.63) is 35.5 Å². The molecule has 30 heavy (non-hydrogen) atoms. The van der Waals surface area contributed by atoms with E-state index in [1.807, 2.05) is 12.1 Å². The molecule has 5 rings (SSSR count). The van der Waals surface area contributed by atoms with Gasteiger partial charge in [-0.25, -0.2) is 4.98 Å². The number of aromatic nitrogens is 2. The molecule has 2 aliphatic heterocycles. The summed E-state index contributed by atoms with van der Waals surface area (Å²) in [5.74, 6) is 2.86. The summed E-state index contributed by atoms with van der Waals surface area (Å²) in [7, 11) is -1.07. The molecule has 1 atom stereocenters. The highest BCUT2D eigenvalue weighted by Gasteiger charge is 2.44. The summed E-state index contributed by atoms with van der Waals surface area (Å²) in [5.41, 5.74) is 1.80. The topological polar surface area (TPSA) is 87.6 Å². The van der Waals surface area contributed by atoms with Gasteiger partial charge in [-0.05, 0) is 31.9 Å². The molecule has 1 aromatic carbocycles. The molecule has 0 bridgehead atoms. The van der Waals surface area contributed by atoms with Gasteiger partial charge in [0.2, 0.25) is 5.95 Å². The maximum Gasteiger partial charge on any atom is 0.227 e. The first-order chi connectivity index (χ1) is 14.5. The fraction of sp³-hybridized carbons (Fsp3) is 0.545. The molecule has 2 aromatic rings. The maximum absolute atomic E-state index is 12.5. The standard InChI is InChI=1S/C22H28N4O3S/c1-15-2-4-16(5-3-15)29-17-6-11-26(12-7-17)21-23-18-8-13-30(28)19(18)20(24-21)25-22(14-27)9-10-22/h2-5,17,27H,6-14H2,1H3,(H,23,24,25). The zero-order chi connectivity index (χ0) is 20.7. The average Bonchev–Trinajstić information content (AvgIpc) is 3.44. The van der Waals surface area contributed by atoms with Crippen molar-refractivity contribution in [1.82, 2.24) is 9.97 Å². The van der Waals surface area contributed by atoms with Crippen LogP contribution in [0.1, 0.15) is 36.9 Å². The Labute approximate surface area is 179 Å². The molecule has 7 nitrogen and oxygen atoms in total. The summed E-state index contributed by atoms with van der Waals surface area (Å²) in [4.78, 5) is 12.5. The number of aryl methyl sites for hydroxylation is 2. The minimum Gasteiger partial charge on any atom is -0.490 e. The lowest BCUT2D eigenvalue weighted by Gasteiger charge is -2.32. The van der Waals surface area contributed by atoms with E-state index in [0.29, 0.717) is 23.9 Å². The first kappa shape index (κ1) is 19.8. The van der Waals surface area contributed by atoms with Crippen LogP contribution in [0.3, 0.4) is 0 Å². The van der Waals surface area contributed by atoms with Gasteiger partial charge in [0.05, 0.1) is 28.6 Å². The predicted octanol–water partition coefficient (Wildman–Crippen LogP) is 2.43. The zero-order valence-electron chi connectivity index (χ0n) is 17.3. The van der Waals surface area contributed by atoms with Crippen LogP contribution in [0.15, 0.2) is 29.2 Å². The van der Waals surface area contributed by atoms with Crippen LogP contribution in [-0.4, -0.2) is 56.4 Å². The van der Waals surface area contributed by atoms with Crippen LogP contribution >= 0.6 is 0 Å². The lowest BCUT2D eigenvalue weighted by molar-refractivity contribution is 0.170. The Kier molecular flexibility index (Phi) is 5.14. The van der Waals surface area contributed by atoms with Gasteiger partial charge in [-0.3, -0.25) is 4.21 Å². The number of fused-ring (bicyclic) bond motifs is 1. The molecule has 2 fully saturated rings. The van der Waals surface area contributed by atoms with Crippen LogP contribution in [0.5, 0.6) is 5.75 Å². The molecule has 8 heteroatoms. The molecule has 1 unspecified atom stereocenters. The van der Waals surface area contributed by atoms with Crippen molar-refractivity contribution in [2.45, 2.75) is 55.6 Å². The first-order valence-corrected chi connectivity index (χ1v) is 12.0. The summed E-state index contributed by atoms with van der Waals surface area (Å²) in [5, 5.41) is 13.1. The maximum atomic E-state index is 12.5. The molecule has 1 saturated heterocycles. The van der Waals surface area contributed by atoms with E-state index in [0.717, 1.165) is 55.1 Å². The molecule has 0 spiro atoms. The Hall–Kier alpha value is -2.19. The van der Waals surface area contributed by atoms with Gasteiger partial charge in [-0.2, -0.15) is 4.98 Å². The fourth-order valence-electron chi connectivity index (χ4n) is 4.12. The SMILES string of the molecule is Cc1ccc(OC2CCN(c3nc4c(c(NC5(CO)CC5)n3)S(=O)CC4)CC2)cc1. The Balaban J connectivity index is 1.30. The number of piperidine rings is 1. The highest BCUT2D eigenvalue weighted by atomic mass is 32.2. The summed E-state index contributed by atoms with van der Waals surface area (Å²) in [6.45, 7) is 3.78. The van der Waals surface area contributed by atoms with Crippen molar-refractivity contribution in [2.75, 3.05) is 35.7 Å². The summed E-state index contributed by atoms with van der Waals surface area (Å²) >= 11 is 0. The van der Waals surface area contributed by atoms with Crippen LogP contribution in [0.25, 0.3) is 0 Å². The van der Waals surface area contributed by atoms with Crippen LogP contribution < -0.4 is 15.0 Å². The highest BCUT2D eigenvalue weighted by Crippen LogP contribution is 2.41. The Morgan fingerprint density at radius 1 is 1.23 bits per heavy atom. The second kappa shape index (κ2) is 7.81.